The van der Waals surface area contributed by atoms with E-state index in [9.17, 15) is 0 Å². The van der Waals surface area contributed by atoms with Gasteiger partial charge in [0, 0.05) is 19.6 Å². The van der Waals surface area contributed by atoms with Crippen LogP contribution in [0.1, 0.15) is 0 Å². The minimum Gasteiger partial charge on any atom is -0.271 e. The van der Waals surface area contributed by atoms with Crippen LogP contribution in [0.2, 0.25) is 0 Å². The fraction of sp³-hybridized carbons (Fsp3) is 0. The molecule has 0 heterocycles. The molecule has 4 heteroatoms. The van der Waals surface area contributed by atoms with Crippen LogP contribution in [0, 0.1) is 9.56 Å². The molecule has 0 aromatic heterocycles. The molecule has 0 atom stereocenters. The fourth-order valence-corrected chi connectivity index (χ4v) is 4.76. The standard InChI is InChI=1S/2C12H11NS/c2*13-14(11-7-3-1-4-8-11)12-9-5-2-6-10-12/h2*1-10,13H. The van der Waals surface area contributed by atoms with Crippen molar-refractivity contribution >= 4 is 21.4 Å². The zero-order chi connectivity index (χ0) is 19.6. The maximum Gasteiger partial charge on any atom is 0.0229 e. The molecule has 0 unspecified atom stereocenters. The Balaban J connectivity index is 0.000000161. The van der Waals surface area contributed by atoms with Gasteiger partial charge in [-0.3, -0.25) is 9.56 Å². The maximum absolute atomic E-state index is 8.08. The smallest absolute Gasteiger partial charge is 0.0229 e. The van der Waals surface area contributed by atoms with Gasteiger partial charge in [-0.25, -0.2) is 0 Å². The summed E-state index contributed by atoms with van der Waals surface area (Å²) < 4.78 is 16.2. The van der Waals surface area contributed by atoms with Gasteiger partial charge >= 0.3 is 0 Å². The highest BCUT2D eigenvalue weighted by molar-refractivity contribution is 7.86. The highest BCUT2D eigenvalue weighted by Gasteiger charge is 2.00. The van der Waals surface area contributed by atoms with Crippen LogP contribution in [0.25, 0.3) is 0 Å². The molecule has 28 heavy (non-hydrogen) atoms. The molecule has 0 aliphatic rings. The predicted octanol–water partition coefficient (Wildman–Crippen LogP) is 6.97. The molecule has 0 spiro atoms. The Labute approximate surface area is 171 Å². The van der Waals surface area contributed by atoms with Crippen molar-refractivity contribution in [3.63, 3.8) is 0 Å². The van der Waals surface area contributed by atoms with Gasteiger partial charge in [-0.15, -0.1) is 0 Å². The van der Waals surface area contributed by atoms with Crippen LogP contribution in [0.3, 0.4) is 0 Å². The molecule has 0 bridgehead atoms. The summed E-state index contributed by atoms with van der Waals surface area (Å²) in [4.78, 5) is 4.27. The topological polar surface area (TPSA) is 47.7 Å². The molecule has 0 saturated heterocycles. The second-order valence-electron chi connectivity index (χ2n) is 5.86. The summed E-state index contributed by atoms with van der Waals surface area (Å²) in [6.07, 6.45) is 0. The SMILES string of the molecule is N=S(c1ccccc1)c1ccccc1.N=S(c1ccccc1)c1ccccc1. The normalized spacial score (nSPS) is 10.4. The average Bonchev–Trinajstić information content (AvgIpc) is 2.81. The molecule has 2 N–H and O–H groups in total. The van der Waals surface area contributed by atoms with Gasteiger partial charge in [0.15, 0.2) is 0 Å². The Morgan fingerprint density at radius 2 is 0.500 bits per heavy atom. The number of rotatable bonds is 4. The van der Waals surface area contributed by atoms with Crippen LogP contribution in [0.5, 0.6) is 0 Å². The maximum atomic E-state index is 8.08. The van der Waals surface area contributed by atoms with Gasteiger partial charge in [0.2, 0.25) is 0 Å². The van der Waals surface area contributed by atoms with Crippen LogP contribution >= 0.6 is 0 Å². The van der Waals surface area contributed by atoms with E-state index in [-0.39, 0.29) is 0 Å². The van der Waals surface area contributed by atoms with E-state index in [2.05, 4.69) is 0 Å². The lowest BCUT2D eigenvalue weighted by molar-refractivity contribution is 1.36. The third-order valence-electron chi connectivity index (χ3n) is 3.92. The number of hydrogen-bond donors (Lipinski definition) is 2. The second-order valence-corrected chi connectivity index (χ2v) is 8.97. The first-order valence-corrected chi connectivity index (χ1v) is 11.3. The Bertz CT molecular complexity index is 849. The molecule has 0 aliphatic carbocycles. The number of hydrogen-bond acceptors (Lipinski definition) is 2. The Morgan fingerprint density at radius 1 is 0.321 bits per heavy atom. The number of nitrogens with one attached hydrogen (secondary N) is 2. The van der Waals surface area contributed by atoms with Crippen molar-refractivity contribution in [2.24, 2.45) is 0 Å². The average molecular weight is 403 g/mol. The molecule has 2 nitrogen and oxygen atoms in total. The van der Waals surface area contributed by atoms with E-state index in [0.717, 1.165) is 19.6 Å². The lowest BCUT2D eigenvalue weighted by atomic mass is 10.4. The summed E-state index contributed by atoms with van der Waals surface area (Å²) >= 11 is 0. The van der Waals surface area contributed by atoms with E-state index in [4.69, 9.17) is 9.56 Å². The summed E-state index contributed by atoms with van der Waals surface area (Å²) in [5, 5.41) is 0. The first kappa shape index (κ1) is 19.9. The molecule has 4 rings (SSSR count). The highest BCUT2D eigenvalue weighted by Crippen LogP contribution is 2.16. The molecule has 0 aliphatic heterocycles. The Hall–Kier alpha value is -2.82. The zero-order valence-corrected chi connectivity index (χ0v) is 17.0. The van der Waals surface area contributed by atoms with E-state index in [1.54, 1.807) is 0 Å². The van der Waals surface area contributed by atoms with Gasteiger partial charge in [-0.05, 0) is 69.9 Å². The minimum absolute atomic E-state index is 0.547. The third-order valence-corrected chi connectivity index (χ3v) is 6.89. The fourth-order valence-electron chi connectivity index (χ4n) is 2.50. The minimum atomic E-state index is -0.547. The molecule has 0 amide bonds. The first-order valence-electron chi connectivity index (χ1n) is 8.87. The first-order chi connectivity index (χ1) is 13.8. The summed E-state index contributed by atoms with van der Waals surface area (Å²) in [6.45, 7) is 0. The van der Waals surface area contributed by atoms with Crippen molar-refractivity contribution in [2.75, 3.05) is 0 Å². The largest absolute Gasteiger partial charge is 0.271 e. The third kappa shape index (κ3) is 5.59. The molecule has 0 fully saturated rings. The molecule has 0 saturated carbocycles. The molecule has 140 valence electrons. The van der Waals surface area contributed by atoms with Crippen molar-refractivity contribution < 1.29 is 0 Å². The van der Waals surface area contributed by atoms with E-state index in [0.29, 0.717) is 0 Å². The molecular formula is C24H22N2S2. The van der Waals surface area contributed by atoms with Crippen molar-refractivity contribution in [3.05, 3.63) is 121 Å². The second kappa shape index (κ2) is 10.5. The van der Waals surface area contributed by atoms with Crippen molar-refractivity contribution in [1.82, 2.24) is 0 Å². The Morgan fingerprint density at radius 3 is 0.679 bits per heavy atom. The monoisotopic (exact) mass is 402 g/mol. The van der Waals surface area contributed by atoms with Crippen LogP contribution in [0.4, 0.5) is 0 Å². The molecule has 4 aromatic rings. The van der Waals surface area contributed by atoms with Crippen molar-refractivity contribution in [3.8, 4) is 0 Å². The lowest BCUT2D eigenvalue weighted by Gasteiger charge is -2.04. The summed E-state index contributed by atoms with van der Waals surface area (Å²) in [7, 11) is -1.09. The highest BCUT2D eigenvalue weighted by atomic mass is 32.2. The summed E-state index contributed by atoms with van der Waals surface area (Å²) in [6, 6.07) is 39.8. The molecule has 4 aromatic carbocycles. The molecule has 0 radical (unpaired) electrons. The predicted molar refractivity (Wildman–Crippen MR) is 119 cm³/mol. The van der Waals surface area contributed by atoms with Crippen molar-refractivity contribution in [2.45, 2.75) is 19.6 Å². The van der Waals surface area contributed by atoms with E-state index >= 15 is 0 Å². The van der Waals surface area contributed by atoms with Crippen LogP contribution < -0.4 is 0 Å². The summed E-state index contributed by atoms with van der Waals surface area (Å²) in [5.74, 6) is 0. The van der Waals surface area contributed by atoms with Gasteiger partial charge in [-0.2, -0.15) is 0 Å². The van der Waals surface area contributed by atoms with Gasteiger partial charge < -0.3 is 0 Å². The van der Waals surface area contributed by atoms with Crippen LogP contribution in [-0.2, 0) is 21.4 Å². The van der Waals surface area contributed by atoms with E-state index in [1.807, 2.05) is 121 Å². The summed E-state index contributed by atoms with van der Waals surface area (Å²) in [5.41, 5.74) is 0. The van der Waals surface area contributed by atoms with Gasteiger partial charge in [0.05, 0.1) is 0 Å². The van der Waals surface area contributed by atoms with E-state index < -0.39 is 21.4 Å². The molecular weight excluding hydrogens is 380 g/mol. The van der Waals surface area contributed by atoms with Crippen LogP contribution in [-0.4, -0.2) is 0 Å². The Kier molecular flexibility index (Phi) is 7.47. The van der Waals surface area contributed by atoms with Gasteiger partial charge in [-0.1, -0.05) is 72.8 Å². The zero-order valence-electron chi connectivity index (χ0n) is 15.4. The van der Waals surface area contributed by atoms with E-state index in [1.165, 1.54) is 0 Å². The lowest BCUT2D eigenvalue weighted by Crippen LogP contribution is -1.89. The number of benzene rings is 4. The van der Waals surface area contributed by atoms with Crippen LogP contribution in [0.15, 0.2) is 141 Å². The quantitative estimate of drug-likeness (QED) is 0.370. The van der Waals surface area contributed by atoms with Gasteiger partial charge in [0.1, 0.15) is 0 Å². The van der Waals surface area contributed by atoms with Gasteiger partial charge in [0.25, 0.3) is 0 Å². The van der Waals surface area contributed by atoms with Crippen molar-refractivity contribution in [1.29, 1.82) is 9.56 Å².